The number of methoxy groups -OCH3 is 1. The highest BCUT2D eigenvalue weighted by molar-refractivity contribution is 6.51. The van der Waals surface area contributed by atoms with Crippen molar-refractivity contribution in [3.63, 3.8) is 0 Å². The van der Waals surface area contributed by atoms with Gasteiger partial charge in [0.25, 0.3) is 0 Å². The van der Waals surface area contributed by atoms with Crippen molar-refractivity contribution < 1.29 is 19.2 Å². The van der Waals surface area contributed by atoms with Crippen LogP contribution < -0.4 is 4.74 Å². The summed E-state index contributed by atoms with van der Waals surface area (Å²) >= 11 is 0. The molecule has 0 amide bonds. The third-order valence-corrected chi connectivity index (χ3v) is 3.84. The van der Waals surface area contributed by atoms with Gasteiger partial charge in [-0.25, -0.2) is 4.79 Å². The summed E-state index contributed by atoms with van der Waals surface area (Å²) < 4.78 is 5.11. The Morgan fingerprint density at radius 1 is 0.704 bits per heavy atom. The highest BCUT2D eigenvalue weighted by Crippen LogP contribution is 2.15. The van der Waals surface area contributed by atoms with Crippen molar-refractivity contribution >= 4 is 17.5 Å². The molecule has 0 aliphatic heterocycles. The van der Waals surface area contributed by atoms with Crippen LogP contribution in [-0.4, -0.2) is 24.6 Å². The molecule has 0 heterocycles. The molecule has 0 unspecified atom stereocenters. The Hall–Kier alpha value is -3.73. The maximum Gasteiger partial charge on any atom is 0.365 e. The zero-order chi connectivity index (χ0) is 19.1. The molecule has 0 atom stereocenters. The van der Waals surface area contributed by atoms with E-state index in [9.17, 15) is 9.59 Å². The minimum Gasteiger partial charge on any atom is -0.497 e. The maximum absolute atomic E-state index is 12.9. The minimum absolute atomic E-state index is 0.0463. The number of benzene rings is 3. The van der Waals surface area contributed by atoms with Crippen LogP contribution in [-0.2, 0) is 4.84 Å². The van der Waals surface area contributed by atoms with E-state index in [-0.39, 0.29) is 11.5 Å². The quantitative estimate of drug-likeness (QED) is 0.287. The van der Waals surface area contributed by atoms with Gasteiger partial charge in [-0.1, -0.05) is 53.7 Å². The van der Waals surface area contributed by atoms with Crippen LogP contribution in [0.3, 0.4) is 0 Å². The Kier molecular flexibility index (Phi) is 5.74. The molecule has 27 heavy (non-hydrogen) atoms. The predicted octanol–water partition coefficient (Wildman–Crippen LogP) is 4.14. The monoisotopic (exact) mass is 359 g/mol. The van der Waals surface area contributed by atoms with E-state index in [2.05, 4.69) is 5.16 Å². The molecular formula is C22H17NO4. The maximum atomic E-state index is 12.9. The fraction of sp³-hybridized carbons (Fsp3) is 0.0455. The van der Waals surface area contributed by atoms with Crippen molar-refractivity contribution in [2.45, 2.75) is 0 Å². The Labute approximate surface area is 156 Å². The van der Waals surface area contributed by atoms with Gasteiger partial charge >= 0.3 is 5.97 Å². The van der Waals surface area contributed by atoms with Crippen molar-refractivity contribution in [2.24, 2.45) is 5.16 Å². The number of hydrogen-bond acceptors (Lipinski definition) is 5. The van der Waals surface area contributed by atoms with Crippen LogP contribution in [0.25, 0.3) is 0 Å². The molecule has 0 aromatic heterocycles. The minimum atomic E-state index is -0.633. The number of nitrogens with zero attached hydrogens (tertiary/aromatic N) is 1. The lowest BCUT2D eigenvalue weighted by Crippen LogP contribution is -2.17. The average molecular weight is 359 g/mol. The molecule has 0 aliphatic rings. The van der Waals surface area contributed by atoms with E-state index in [1.54, 1.807) is 86.0 Å². The number of carbonyl (C=O) groups is 2. The topological polar surface area (TPSA) is 65.0 Å². The standard InChI is InChI=1S/C22H17NO4/c1-26-19-14-12-17(13-15-19)21(24)20(16-8-4-2-5-9-16)23-27-22(25)18-10-6-3-7-11-18/h2-15H,1H3. The molecule has 0 fully saturated rings. The van der Waals surface area contributed by atoms with Crippen molar-refractivity contribution in [1.82, 2.24) is 0 Å². The molecule has 0 aliphatic carbocycles. The number of ketones is 1. The summed E-state index contributed by atoms with van der Waals surface area (Å²) in [7, 11) is 1.55. The van der Waals surface area contributed by atoms with Crippen molar-refractivity contribution in [2.75, 3.05) is 7.11 Å². The van der Waals surface area contributed by atoms with Gasteiger partial charge in [-0.15, -0.1) is 0 Å². The van der Waals surface area contributed by atoms with E-state index in [1.165, 1.54) is 0 Å². The first-order valence-corrected chi connectivity index (χ1v) is 8.27. The summed E-state index contributed by atoms with van der Waals surface area (Å²) in [6.07, 6.45) is 0. The van der Waals surface area contributed by atoms with Crippen LogP contribution in [0, 0.1) is 0 Å². The van der Waals surface area contributed by atoms with Gasteiger partial charge in [-0.2, -0.15) is 0 Å². The molecule has 3 rings (SSSR count). The summed E-state index contributed by atoms with van der Waals surface area (Å²) in [6.45, 7) is 0. The SMILES string of the molecule is COc1ccc(C(=O)C(=NOC(=O)c2ccccc2)c2ccccc2)cc1. The van der Waals surface area contributed by atoms with Gasteiger partial charge in [0.15, 0.2) is 5.71 Å². The summed E-state index contributed by atoms with van der Waals surface area (Å²) in [6, 6.07) is 24.0. The summed E-state index contributed by atoms with van der Waals surface area (Å²) in [4.78, 5) is 30.1. The van der Waals surface area contributed by atoms with Gasteiger partial charge in [0, 0.05) is 11.1 Å². The fourth-order valence-electron chi connectivity index (χ4n) is 2.41. The lowest BCUT2D eigenvalue weighted by Gasteiger charge is -2.07. The molecule has 3 aromatic carbocycles. The molecule has 5 heteroatoms. The van der Waals surface area contributed by atoms with E-state index in [1.807, 2.05) is 6.07 Å². The summed E-state index contributed by atoms with van der Waals surface area (Å²) in [5, 5.41) is 3.88. The highest BCUT2D eigenvalue weighted by Gasteiger charge is 2.18. The molecule has 0 saturated carbocycles. The van der Waals surface area contributed by atoms with Gasteiger partial charge in [-0.05, 0) is 36.4 Å². The first-order valence-electron chi connectivity index (χ1n) is 8.27. The first kappa shape index (κ1) is 18.1. The lowest BCUT2D eigenvalue weighted by atomic mass is 10.0. The van der Waals surface area contributed by atoms with Crippen LogP contribution in [0.15, 0.2) is 90.1 Å². The Morgan fingerprint density at radius 2 is 1.26 bits per heavy atom. The van der Waals surface area contributed by atoms with Crippen LogP contribution >= 0.6 is 0 Å². The molecule has 0 bridgehead atoms. The third-order valence-electron chi connectivity index (χ3n) is 3.84. The third kappa shape index (κ3) is 4.46. The second-order valence-electron chi connectivity index (χ2n) is 5.61. The van der Waals surface area contributed by atoms with Crippen LogP contribution in [0.5, 0.6) is 5.75 Å². The number of hydrogen-bond donors (Lipinski definition) is 0. The van der Waals surface area contributed by atoms with Gasteiger partial charge in [-0.3, -0.25) is 4.79 Å². The van der Waals surface area contributed by atoms with Crippen molar-refractivity contribution in [3.8, 4) is 5.75 Å². The largest absolute Gasteiger partial charge is 0.497 e. The number of rotatable bonds is 6. The molecule has 3 aromatic rings. The summed E-state index contributed by atoms with van der Waals surface area (Å²) in [5.74, 6) is -0.350. The normalized spacial score (nSPS) is 10.9. The fourth-order valence-corrected chi connectivity index (χ4v) is 2.41. The van der Waals surface area contributed by atoms with E-state index in [4.69, 9.17) is 9.57 Å². The molecule has 134 valence electrons. The van der Waals surface area contributed by atoms with E-state index in [0.29, 0.717) is 22.4 Å². The van der Waals surface area contributed by atoms with Gasteiger partial charge in [0.1, 0.15) is 5.75 Å². The number of carbonyl (C=O) groups excluding carboxylic acids is 2. The Morgan fingerprint density at radius 3 is 1.81 bits per heavy atom. The molecule has 0 saturated heterocycles. The Balaban J connectivity index is 1.91. The highest BCUT2D eigenvalue weighted by atomic mass is 16.7. The van der Waals surface area contributed by atoms with Crippen LogP contribution in [0.2, 0.25) is 0 Å². The molecular weight excluding hydrogens is 342 g/mol. The molecule has 5 nitrogen and oxygen atoms in total. The number of Topliss-reactive ketones (excluding diaryl/α,β-unsaturated/α-hetero) is 1. The molecule has 0 radical (unpaired) electrons. The van der Waals surface area contributed by atoms with Gasteiger partial charge < -0.3 is 9.57 Å². The second kappa shape index (κ2) is 8.58. The smallest absolute Gasteiger partial charge is 0.365 e. The van der Waals surface area contributed by atoms with Crippen LogP contribution in [0.4, 0.5) is 0 Å². The summed E-state index contributed by atoms with van der Waals surface area (Å²) in [5.41, 5.74) is 1.36. The van der Waals surface area contributed by atoms with Crippen LogP contribution in [0.1, 0.15) is 26.3 Å². The van der Waals surface area contributed by atoms with Crippen molar-refractivity contribution in [1.29, 1.82) is 0 Å². The number of oxime groups is 1. The zero-order valence-electron chi connectivity index (χ0n) is 14.7. The van der Waals surface area contributed by atoms with E-state index in [0.717, 1.165) is 0 Å². The van der Waals surface area contributed by atoms with Gasteiger partial charge in [0.05, 0.1) is 12.7 Å². The van der Waals surface area contributed by atoms with Gasteiger partial charge in [0.2, 0.25) is 5.78 Å². The lowest BCUT2D eigenvalue weighted by molar-refractivity contribution is 0.0516. The molecule has 0 N–H and O–H groups in total. The average Bonchev–Trinajstić information content (AvgIpc) is 2.75. The number of ether oxygens (including phenoxy) is 1. The first-order chi connectivity index (χ1) is 13.2. The van der Waals surface area contributed by atoms with Crippen molar-refractivity contribution in [3.05, 3.63) is 102 Å². The van der Waals surface area contributed by atoms with E-state index < -0.39 is 5.97 Å². The Bertz CT molecular complexity index is 949. The zero-order valence-corrected chi connectivity index (χ0v) is 14.7. The van der Waals surface area contributed by atoms with E-state index >= 15 is 0 Å². The molecule has 0 spiro atoms. The predicted molar refractivity (Wildman–Crippen MR) is 102 cm³/mol. The second-order valence-corrected chi connectivity index (χ2v) is 5.61.